The standard InChI is InChI=1S/C14H16N4O2/c1-2-20-11(9-6-4-3-5-7-9)14-17-8-10(13(16)19)12(15)18-14/h3-8,11H,2H2,1H3,(H2,16,19)(H2,15,17,18). The second-order valence-corrected chi connectivity index (χ2v) is 4.14. The molecule has 0 aliphatic carbocycles. The van der Waals surface area contributed by atoms with E-state index >= 15 is 0 Å². The maximum atomic E-state index is 11.1. The van der Waals surface area contributed by atoms with Gasteiger partial charge in [-0.05, 0) is 12.5 Å². The van der Waals surface area contributed by atoms with Gasteiger partial charge in [-0.25, -0.2) is 9.97 Å². The van der Waals surface area contributed by atoms with E-state index in [1.165, 1.54) is 6.20 Å². The van der Waals surface area contributed by atoms with Crippen LogP contribution in [0.5, 0.6) is 0 Å². The van der Waals surface area contributed by atoms with Gasteiger partial charge in [-0.15, -0.1) is 0 Å². The highest BCUT2D eigenvalue weighted by Crippen LogP contribution is 2.24. The molecule has 0 aliphatic heterocycles. The van der Waals surface area contributed by atoms with Gasteiger partial charge < -0.3 is 16.2 Å². The van der Waals surface area contributed by atoms with E-state index in [2.05, 4.69) is 9.97 Å². The van der Waals surface area contributed by atoms with Crippen LogP contribution >= 0.6 is 0 Å². The molecular weight excluding hydrogens is 256 g/mol. The molecule has 0 radical (unpaired) electrons. The number of nitrogen functional groups attached to an aromatic ring is 1. The van der Waals surface area contributed by atoms with Crippen molar-refractivity contribution in [1.29, 1.82) is 0 Å². The number of rotatable bonds is 5. The van der Waals surface area contributed by atoms with E-state index in [0.29, 0.717) is 12.4 Å². The first-order chi connectivity index (χ1) is 9.63. The van der Waals surface area contributed by atoms with Gasteiger partial charge in [-0.1, -0.05) is 30.3 Å². The maximum absolute atomic E-state index is 11.1. The van der Waals surface area contributed by atoms with Gasteiger partial charge in [-0.3, -0.25) is 4.79 Å². The molecule has 0 fully saturated rings. The van der Waals surface area contributed by atoms with Crippen molar-refractivity contribution in [3.63, 3.8) is 0 Å². The first-order valence-corrected chi connectivity index (χ1v) is 6.22. The fourth-order valence-corrected chi connectivity index (χ4v) is 1.84. The molecule has 104 valence electrons. The third kappa shape index (κ3) is 2.92. The van der Waals surface area contributed by atoms with Crippen LogP contribution in [0.3, 0.4) is 0 Å². The van der Waals surface area contributed by atoms with E-state index in [4.69, 9.17) is 16.2 Å². The number of nitrogens with zero attached hydrogens (tertiary/aromatic N) is 2. The predicted molar refractivity (Wildman–Crippen MR) is 74.9 cm³/mol. The van der Waals surface area contributed by atoms with Gasteiger partial charge in [0, 0.05) is 12.8 Å². The molecule has 0 saturated heterocycles. The molecule has 0 saturated carbocycles. The van der Waals surface area contributed by atoms with Gasteiger partial charge >= 0.3 is 0 Å². The summed E-state index contributed by atoms with van der Waals surface area (Å²) in [6.07, 6.45) is 0.903. The van der Waals surface area contributed by atoms with E-state index in [9.17, 15) is 4.79 Å². The lowest BCUT2D eigenvalue weighted by Gasteiger charge is -2.16. The lowest BCUT2D eigenvalue weighted by atomic mass is 10.1. The van der Waals surface area contributed by atoms with Crippen LogP contribution in [0.2, 0.25) is 0 Å². The van der Waals surface area contributed by atoms with E-state index < -0.39 is 12.0 Å². The van der Waals surface area contributed by atoms with Gasteiger partial charge in [0.2, 0.25) is 0 Å². The molecule has 6 heteroatoms. The average molecular weight is 272 g/mol. The highest BCUT2D eigenvalue weighted by molar-refractivity contribution is 5.96. The maximum Gasteiger partial charge on any atom is 0.254 e. The van der Waals surface area contributed by atoms with E-state index in [1.54, 1.807) is 0 Å². The Morgan fingerprint density at radius 3 is 2.60 bits per heavy atom. The summed E-state index contributed by atoms with van der Waals surface area (Å²) < 4.78 is 5.67. The minimum Gasteiger partial charge on any atom is -0.383 e. The zero-order valence-electron chi connectivity index (χ0n) is 11.1. The Labute approximate surface area is 116 Å². The van der Waals surface area contributed by atoms with Crippen molar-refractivity contribution in [1.82, 2.24) is 9.97 Å². The van der Waals surface area contributed by atoms with Crippen LogP contribution in [0.25, 0.3) is 0 Å². The summed E-state index contributed by atoms with van der Waals surface area (Å²) >= 11 is 0. The Bertz CT molecular complexity index is 601. The summed E-state index contributed by atoms with van der Waals surface area (Å²) in [5, 5.41) is 0. The number of amides is 1. The molecular formula is C14H16N4O2. The van der Waals surface area contributed by atoms with E-state index in [1.807, 2.05) is 37.3 Å². The number of ether oxygens (including phenoxy) is 1. The predicted octanol–water partition coefficient (Wildman–Crippen LogP) is 1.28. The summed E-state index contributed by atoms with van der Waals surface area (Å²) in [5.74, 6) is -0.189. The number of hydrogen-bond donors (Lipinski definition) is 2. The fourth-order valence-electron chi connectivity index (χ4n) is 1.84. The van der Waals surface area contributed by atoms with Crippen molar-refractivity contribution in [3.8, 4) is 0 Å². The van der Waals surface area contributed by atoms with Crippen molar-refractivity contribution in [2.24, 2.45) is 5.73 Å². The van der Waals surface area contributed by atoms with Gasteiger partial charge in [-0.2, -0.15) is 0 Å². The summed E-state index contributed by atoms with van der Waals surface area (Å²) in [5.41, 5.74) is 11.9. The second kappa shape index (κ2) is 6.12. The molecule has 2 rings (SSSR count). The monoisotopic (exact) mass is 272 g/mol. The Kier molecular flexibility index (Phi) is 4.27. The summed E-state index contributed by atoms with van der Waals surface area (Å²) in [4.78, 5) is 19.4. The lowest BCUT2D eigenvalue weighted by Crippen LogP contribution is -2.18. The smallest absolute Gasteiger partial charge is 0.254 e. The topological polar surface area (TPSA) is 104 Å². The molecule has 6 nitrogen and oxygen atoms in total. The van der Waals surface area contributed by atoms with Crippen LogP contribution in [0.1, 0.15) is 34.8 Å². The minimum absolute atomic E-state index is 0.0585. The van der Waals surface area contributed by atoms with E-state index in [-0.39, 0.29) is 11.4 Å². The van der Waals surface area contributed by atoms with Crippen LogP contribution in [-0.2, 0) is 4.74 Å². The summed E-state index contributed by atoms with van der Waals surface area (Å²) in [7, 11) is 0. The van der Waals surface area contributed by atoms with Gasteiger partial charge in [0.05, 0.1) is 5.56 Å². The molecule has 1 atom stereocenters. The van der Waals surface area contributed by atoms with Crippen molar-refractivity contribution < 1.29 is 9.53 Å². The largest absolute Gasteiger partial charge is 0.383 e. The van der Waals surface area contributed by atoms with Gasteiger partial charge in [0.1, 0.15) is 11.9 Å². The third-order valence-electron chi connectivity index (χ3n) is 2.77. The summed E-state index contributed by atoms with van der Waals surface area (Å²) in [6, 6.07) is 9.56. The quantitative estimate of drug-likeness (QED) is 0.853. The zero-order chi connectivity index (χ0) is 14.5. The van der Waals surface area contributed by atoms with Crippen LogP contribution in [-0.4, -0.2) is 22.5 Å². The third-order valence-corrected chi connectivity index (χ3v) is 2.77. The number of primary amides is 1. The van der Waals surface area contributed by atoms with Gasteiger partial charge in [0.15, 0.2) is 5.82 Å². The first kappa shape index (κ1) is 14.0. The Morgan fingerprint density at radius 1 is 1.35 bits per heavy atom. The Hall–Kier alpha value is -2.47. The second-order valence-electron chi connectivity index (χ2n) is 4.14. The molecule has 20 heavy (non-hydrogen) atoms. The van der Waals surface area contributed by atoms with Crippen LogP contribution in [0, 0.1) is 0 Å². The molecule has 1 heterocycles. The number of carbonyl (C=O) groups excluding carboxylic acids is 1. The molecule has 0 bridgehead atoms. The highest BCUT2D eigenvalue weighted by atomic mass is 16.5. The van der Waals surface area contributed by atoms with E-state index in [0.717, 1.165) is 5.56 Å². The van der Waals surface area contributed by atoms with Crippen LogP contribution in [0.15, 0.2) is 36.5 Å². The molecule has 1 aromatic heterocycles. The van der Waals surface area contributed by atoms with Gasteiger partial charge in [0.25, 0.3) is 5.91 Å². The molecule has 0 spiro atoms. The first-order valence-electron chi connectivity index (χ1n) is 6.22. The van der Waals surface area contributed by atoms with Crippen molar-refractivity contribution in [2.45, 2.75) is 13.0 Å². The Morgan fingerprint density at radius 2 is 2.05 bits per heavy atom. The minimum atomic E-state index is -0.651. The van der Waals surface area contributed by atoms with Crippen LogP contribution < -0.4 is 11.5 Å². The van der Waals surface area contributed by atoms with Crippen molar-refractivity contribution >= 4 is 11.7 Å². The average Bonchev–Trinajstić information content (AvgIpc) is 2.45. The normalized spacial score (nSPS) is 12.1. The molecule has 1 aromatic carbocycles. The fraction of sp³-hybridized carbons (Fsp3) is 0.214. The number of aromatic nitrogens is 2. The number of anilines is 1. The highest BCUT2D eigenvalue weighted by Gasteiger charge is 2.19. The molecule has 4 N–H and O–H groups in total. The number of benzene rings is 1. The molecule has 1 unspecified atom stereocenters. The summed E-state index contributed by atoms with van der Waals surface area (Å²) in [6.45, 7) is 2.39. The van der Waals surface area contributed by atoms with Crippen LogP contribution in [0.4, 0.5) is 5.82 Å². The van der Waals surface area contributed by atoms with Crippen molar-refractivity contribution in [2.75, 3.05) is 12.3 Å². The molecule has 0 aliphatic rings. The molecule has 2 aromatic rings. The lowest BCUT2D eigenvalue weighted by molar-refractivity contribution is 0.0850. The number of nitrogens with two attached hydrogens (primary N) is 2. The SMILES string of the molecule is CCOC(c1ccccc1)c1ncc(C(N)=O)c(N)n1. The Balaban J connectivity index is 2.40. The zero-order valence-corrected chi connectivity index (χ0v) is 11.1. The number of hydrogen-bond acceptors (Lipinski definition) is 5. The van der Waals surface area contributed by atoms with Crippen molar-refractivity contribution in [3.05, 3.63) is 53.5 Å². The molecule has 1 amide bonds. The number of carbonyl (C=O) groups is 1.